The third kappa shape index (κ3) is 63.6. The molecule has 0 amide bonds. The van der Waals surface area contributed by atoms with E-state index in [-0.39, 0.29) is 32.0 Å². The van der Waals surface area contributed by atoms with E-state index in [0.717, 1.165) is 103 Å². The van der Waals surface area contributed by atoms with E-state index >= 15 is 0 Å². The SMILES string of the molecule is CC/C=C\C/C=C\C/C=C\C/C=C\C/C=C\C/C=C\C/C=C\C/C=C\CCCCCCC(=O)OC(COC(=O)CCCCCCCCCCCCCCCCC/C=C\C/C=C\CCCCCCC)COP(=O)(O)OCC[N+](C)(C)C. The van der Waals surface area contributed by atoms with Crippen molar-refractivity contribution in [2.24, 2.45) is 0 Å². The van der Waals surface area contributed by atoms with Gasteiger partial charge in [0.15, 0.2) is 6.10 Å². The summed E-state index contributed by atoms with van der Waals surface area (Å²) in [5.41, 5.74) is 0. The molecule has 458 valence electrons. The Morgan fingerprint density at radius 1 is 0.400 bits per heavy atom. The van der Waals surface area contributed by atoms with Gasteiger partial charge in [-0.2, -0.15) is 0 Å². The fourth-order valence-corrected chi connectivity index (χ4v) is 9.27. The Balaban J connectivity index is 4.20. The summed E-state index contributed by atoms with van der Waals surface area (Å²) < 4.78 is 34.6. The molecular weight excluding hydrogens is 1010 g/mol. The fourth-order valence-electron chi connectivity index (χ4n) is 8.53. The van der Waals surface area contributed by atoms with Crippen LogP contribution in [0.25, 0.3) is 0 Å². The lowest BCUT2D eigenvalue weighted by Gasteiger charge is -2.24. The van der Waals surface area contributed by atoms with Crippen molar-refractivity contribution in [3.8, 4) is 0 Å². The Bertz CT molecular complexity index is 1760. The number of allylic oxidation sites excluding steroid dienone is 20. The van der Waals surface area contributed by atoms with Crippen LogP contribution in [0.4, 0.5) is 0 Å². The second kappa shape index (κ2) is 60.0. The number of esters is 2. The number of nitrogens with zero attached hydrogens (tertiary/aromatic N) is 1. The van der Waals surface area contributed by atoms with E-state index in [2.05, 4.69) is 135 Å². The van der Waals surface area contributed by atoms with Crippen molar-refractivity contribution < 1.29 is 42.1 Å². The molecule has 0 saturated carbocycles. The monoisotopic (exact) mass is 1130 g/mol. The summed E-state index contributed by atoms with van der Waals surface area (Å²) in [5.74, 6) is -0.829. The molecular formula is C70H121NO8P+. The summed E-state index contributed by atoms with van der Waals surface area (Å²) in [5, 5.41) is 0. The molecule has 0 aromatic rings. The number of phosphoric acid groups is 1. The topological polar surface area (TPSA) is 108 Å². The Labute approximate surface area is 492 Å². The molecule has 2 unspecified atom stereocenters. The number of unbranched alkanes of at least 4 members (excludes halogenated alkanes) is 24. The molecule has 80 heavy (non-hydrogen) atoms. The van der Waals surface area contributed by atoms with E-state index in [9.17, 15) is 19.0 Å². The van der Waals surface area contributed by atoms with Crippen molar-refractivity contribution in [2.45, 2.75) is 264 Å². The number of carbonyl (C=O) groups excluding carboxylic acids is 2. The zero-order valence-corrected chi connectivity index (χ0v) is 52.9. The molecule has 0 saturated heterocycles. The van der Waals surface area contributed by atoms with Crippen LogP contribution in [0.15, 0.2) is 122 Å². The van der Waals surface area contributed by atoms with Crippen LogP contribution in [0.2, 0.25) is 0 Å². The predicted octanol–water partition coefficient (Wildman–Crippen LogP) is 20.7. The second-order valence-electron chi connectivity index (χ2n) is 22.4. The number of phosphoric ester groups is 1. The highest BCUT2D eigenvalue weighted by molar-refractivity contribution is 7.47. The molecule has 1 N–H and O–H groups in total. The second-order valence-corrected chi connectivity index (χ2v) is 23.9. The smallest absolute Gasteiger partial charge is 0.462 e. The zero-order valence-electron chi connectivity index (χ0n) is 52.0. The van der Waals surface area contributed by atoms with E-state index in [0.29, 0.717) is 17.4 Å². The van der Waals surface area contributed by atoms with Crippen molar-refractivity contribution in [2.75, 3.05) is 47.5 Å². The number of carbonyl (C=O) groups is 2. The summed E-state index contributed by atoms with van der Waals surface area (Å²) in [7, 11) is 1.45. The summed E-state index contributed by atoms with van der Waals surface area (Å²) in [6.07, 6.45) is 85.6. The lowest BCUT2D eigenvalue weighted by atomic mass is 10.0. The standard InChI is InChI=1S/C70H120NO8P/c1-6-8-10-12-14-16-18-20-22-24-26-28-30-32-34-35-37-39-41-43-45-47-49-51-53-55-57-59-61-63-70(73)79-68(67-78-80(74,75)77-65-64-71(3,4)5)66-76-69(72)62-60-58-56-54-52-50-48-46-44-42-40-38-36-33-31-29-27-25-23-21-19-17-15-13-11-9-7-2/h8,10,14,16,19-22,25-28,32,34,37,39,43,45,49,51,68H,6-7,9,11-13,15,17-18,23-24,29-31,33,35-36,38,40-42,44,46-48,50,52-67H2,1-5H3/p+1/b10-8-,16-14-,21-19-,22-20-,27-25-,28-26-,34-32-,39-37-,45-43-,51-49-. The maximum atomic E-state index is 12.8. The third-order valence-corrected chi connectivity index (χ3v) is 14.5. The zero-order chi connectivity index (χ0) is 58.4. The van der Waals surface area contributed by atoms with Gasteiger partial charge in [0.05, 0.1) is 27.7 Å². The Morgan fingerprint density at radius 2 is 0.713 bits per heavy atom. The molecule has 9 nitrogen and oxygen atoms in total. The van der Waals surface area contributed by atoms with Crippen molar-refractivity contribution in [3.05, 3.63) is 122 Å². The largest absolute Gasteiger partial charge is 0.472 e. The molecule has 0 fully saturated rings. The van der Waals surface area contributed by atoms with Crippen LogP contribution in [-0.2, 0) is 32.7 Å². The Hall–Kier alpha value is -3.59. The van der Waals surface area contributed by atoms with Gasteiger partial charge < -0.3 is 18.9 Å². The number of rotatable bonds is 58. The maximum Gasteiger partial charge on any atom is 0.472 e. The van der Waals surface area contributed by atoms with Crippen LogP contribution in [0.3, 0.4) is 0 Å². The molecule has 0 bridgehead atoms. The summed E-state index contributed by atoms with van der Waals surface area (Å²) in [6.45, 7) is 4.28. The van der Waals surface area contributed by atoms with Gasteiger partial charge in [-0.05, 0) is 109 Å². The first-order valence-corrected chi connectivity index (χ1v) is 33.8. The van der Waals surface area contributed by atoms with Gasteiger partial charge in [0.1, 0.15) is 19.8 Å². The molecule has 10 heteroatoms. The van der Waals surface area contributed by atoms with Gasteiger partial charge in [-0.1, -0.05) is 257 Å². The van der Waals surface area contributed by atoms with E-state index in [1.165, 1.54) is 122 Å². The number of quaternary nitrogens is 1. The highest BCUT2D eigenvalue weighted by Crippen LogP contribution is 2.43. The van der Waals surface area contributed by atoms with Crippen LogP contribution in [-0.4, -0.2) is 74.9 Å². The predicted molar refractivity (Wildman–Crippen MR) is 344 cm³/mol. The number of likely N-dealkylation sites (N-methyl/N-ethyl adjacent to an activating group) is 1. The molecule has 0 aromatic carbocycles. The van der Waals surface area contributed by atoms with Crippen LogP contribution in [0.5, 0.6) is 0 Å². The van der Waals surface area contributed by atoms with Crippen molar-refractivity contribution in [1.29, 1.82) is 0 Å². The summed E-state index contributed by atoms with van der Waals surface area (Å²) in [6, 6.07) is 0. The van der Waals surface area contributed by atoms with Crippen molar-refractivity contribution >= 4 is 19.8 Å². The maximum absolute atomic E-state index is 12.8. The van der Waals surface area contributed by atoms with Gasteiger partial charge in [-0.25, -0.2) is 4.57 Å². The van der Waals surface area contributed by atoms with Gasteiger partial charge in [0.25, 0.3) is 0 Å². The summed E-state index contributed by atoms with van der Waals surface area (Å²) in [4.78, 5) is 35.8. The molecule has 0 spiro atoms. The van der Waals surface area contributed by atoms with E-state index in [4.69, 9.17) is 18.5 Å². The van der Waals surface area contributed by atoms with Gasteiger partial charge >= 0.3 is 19.8 Å². The molecule has 0 aromatic heterocycles. The lowest BCUT2D eigenvalue weighted by Crippen LogP contribution is -2.37. The first kappa shape index (κ1) is 76.4. The Morgan fingerprint density at radius 3 is 1.06 bits per heavy atom. The average molecular weight is 1140 g/mol. The molecule has 0 aliphatic rings. The van der Waals surface area contributed by atoms with Crippen LogP contribution >= 0.6 is 7.82 Å². The molecule has 0 aliphatic heterocycles. The minimum Gasteiger partial charge on any atom is -0.462 e. The average Bonchev–Trinajstić information content (AvgIpc) is 3.42. The van der Waals surface area contributed by atoms with Gasteiger partial charge in [0.2, 0.25) is 0 Å². The highest BCUT2D eigenvalue weighted by Gasteiger charge is 2.27. The van der Waals surface area contributed by atoms with E-state index in [1.807, 2.05) is 21.1 Å². The first-order valence-electron chi connectivity index (χ1n) is 32.3. The van der Waals surface area contributed by atoms with Gasteiger partial charge in [-0.3, -0.25) is 18.6 Å². The highest BCUT2D eigenvalue weighted by atomic mass is 31.2. The van der Waals surface area contributed by atoms with Crippen molar-refractivity contribution in [3.63, 3.8) is 0 Å². The third-order valence-electron chi connectivity index (χ3n) is 13.5. The van der Waals surface area contributed by atoms with Gasteiger partial charge in [0, 0.05) is 12.8 Å². The van der Waals surface area contributed by atoms with E-state index in [1.54, 1.807) is 0 Å². The van der Waals surface area contributed by atoms with Crippen LogP contribution in [0, 0.1) is 0 Å². The minimum atomic E-state index is -4.41. The van der Waals surface area contributed by atoms with E-state index < -0.39 is 26.5 Å². The molecule has 0 heterocycles. The molecule has 2 atom stereocenters. The normalized spacial score (nSPS) is 14.0. The summed E-state index contributed by atoms with van der Waals surface area (Å²) >= 11 is 0. The molecule has 0 rings (SSSR count). The van der Waals surface area contributed by atoms with Crippen molar-refractivity contribution in [1.82, 2.24) is 0 Å². The van der Waals surface area contributed by atoms with Gasteiger partial charge in [-0.15, -0.1) is 0 Å². The quantitative estimate of drug-likeness (QED) is 0.0211. The van der Waals surface area contributed by atoms with Crippen LogP contribution in [0.1, 0.15) is 258 Å². The lowest BCUT2D eigenvalue weighted by molar-refractivity contribution is -0.870. The fraction of sp³-hybridized carbons (Fsp3) is 0.686. The number of hydrogen-bond donors (Lipinski definition) is 1. The first-order chi connectivity index (χ1) is 39.0. The number of hydrogen-bond acceptors (Lipinski definition) is 7. The molecule has 0 radical (unpaired) electrons. The number of ether oxygens (including phenoxy) is 2. The molecule has 0 aliphatic carbocycles. The minimum absolute atomic E-state index is 0.0204. The Kier molecular flexibility index (Phi) is 57.3. The van der Waals surface area contributed by atoms with Crippen LogP contribution < -0.4 is 0 Å².